The molecule has 0 radical (unpaired) electrons. The van der Waals surface area contributed by atoms with Gasteiger partial charge < -0.3 is 20.2 Å². The Kier molecular flexibility index (Phi) is 3.64. The fraction of sp³-hybridized carbons (Fsp3) is 0.333. The van der Waals surface area contributed by atoms with E-state index in [-0.39, 0.29) is 29.3 Å². The van der Waals surface area contributed by atoms with E-state index in [4.69, 9.17) is 16.7 Å². The molecule has 1 heterocycles. The molecule has 0 aliphatic carbocycles. The highest BCUT2D eigenvalue weighted by molar-refractivity contribution is 6.31. The van der Waals surface area contributed by atoms with Crippen LogP contribution in [0.3, 0.4) is 0 Å². The Morgan fingerprint density at radius 3 is 2.68 bits per heavy atom. The SMILES string of the molecule is O=C(O)[C@H]1C[C@@H](O)CN1C(=O)c1cc(Cl)ccc1O. The minimum absolute atomic E-state index is 0.0254. The summed E-state index contributed by atoms with van der Waals surface area (Å²) in [5, 5.41) is 28.4. The van der Waals surface area contributed by atoms with Crippen molar-refractivity contribution in [3.63, 3.8) is 0 Å². The number of phenolic OH excluding ortho intramolecular Hbond substituents is 1. The van der Waals surface area contributed by atoms with Crippen molar-refractivity contribution in [1.29, 1.82) is 0 Å². The number of phenols is 1. The summed E-state index contributed by atoms with van der Waals surface area (Å²) in [4.78, 5) is 24.3. The molecule has 0 spiro atoms. The van der Waals surface area contributed by atoms with Crippen molar-refractivity contribution in [3.05, 3.63) is 28.8 Å². The van der Waals surface area contributed by atoms with Crippen molar-refractivity contribution in [2.24, 2.45) is 0 Å². The molecule has 0 aromatic heterocycles. The van der Waals surface area contributed by atoms with E-state index in [1.807, 2.05) is 0 Å². The van der Waals surface area contributed by atoms with Crippen LogP contribution in [0.1, 0.15) is 16.8 Å². The number of aromatic hydroxyl groups is 1. The highest BCUT2D eigenvalue weighted by atomic mass is 35.5. The van der Waals surface area contributed by atoms with Crippen LogP contribution in [0.15, 0.2) is 18.2 Å². The molecule has 0 unspecified atom stereocenters. The van der Waals surface area contributed by atoms with Crippen molar-refractivity contribution in [3.8, 4) is 5.75 Å². The summed E-state index contributed by atoms with van der Waals surface area (Å²) in [6.07, 6.45) is -0.908. The Morgan fingerprint density at radius 1 is 1.37 bits per heavy atom. The fourth-order valence-corrected chi connectivity index (χ4v) is 2.28. The molecule has 0 saturated carbocycles. The first-order chi connectivity index (χ1) is 8.90. The van der Waals surface area contributed by atoms with Crippen LogP contribution < -0.4 is 0 Å². The van der Waals surface area contributed by atoms with E-state index in [1.54, 1.807) is 0 Å². The summed E-state index contributed by atoms with van der Waals surface area (Å²) in [5.41, 5.74) is -0.0761. The summed E-state index contributed by atoms with van der Waals surface area (Å²) < 4.78 is 0. The lowest BCUT2D eigenvalue weighted by Crippen LogP contribution is -2.40. The number of hydrogen-bond acceptors (Lipinski definition) is 4. The third-order valence-electron chi connectivity index (χ3n) is 3.01. The highest BCUT2D eigenvalue weighted by Gasteiger charge is 2.39. The van der Waals surface area contributed by atoms with Gasteiger partial charge in [-0.15, -0.1) is 0 Å². The second-order valence-corrected chi connectivity index (χ2v) is 4.80. The second-order valence-electron chi connectivity index (χ2n) is 4.36. The molecule has 1 fully saturated rings. The van der Waals surface area contributed by atoms with E-state index in [9.17, 15) is 19.8 Å². The Labute approximate surface area is 113 Å². The van der Waals surface area contributed by atoms with Crippen LogP contribution in [-0.2, 0) is 4.79 Å². The standard InChI is InChI=1S/C12H12ClNO5/c13-6-1-2-10(16)8(3-6)11(17)14-5-7(15)4-9(14)12(18)19/h1-3,7,9,15-16H,4-5H2,(H,18,19)/t7-,9-/m1/s1. The van der Waals surface area contributed by atoms with Crippen LogP contribution in [0.4, 0.5) is 0 Å². The number of carboxylic acid groups (broad SMARTS) is 1. The number of benzene rings is 1. The van der Waals surface area contributed by atoms with Gasteiger partial charge in [0.1, 0.15) is 11.8 Å². The lowest BCUT2D eigenvalue weighted by atomic mass is 10.1. The van der Waals surface area contributed by atoms with Gasteiger partial charge in [0.25, 0.3) is 5.91 Å². The molecule has 1 saturated heterocycles. The summed E-state index contributed by atoms with van der Waals surface area (Å²) >= 11 is 5.75. The van der Waals surface area contributed by atoms with Crippen LogP contribution in [0.2, 0.25) is 5.02 Å². The maximum atomic E-state index is 12.2. The molecule has 1 aromatic carbocycles. The number of carbonyl (C=O) groups excluding carboxylic acids is 1. The van der Waals surface area contributed by atoms with Gasteiger partial charge in [-0.1, -0.05) is 11.6 Å². The van der Waals surface area contributed by atoms with Crippen LogP contribution in [0.25, 0.3) is 0 Å². The van der Waals surface area contributed by atoms with Crippen molar-refractivity contribution in [2.45, 2.75) is 18.6 Å². The van der Waals surface area contributed by atoms with Gasteiger partial charge in [0.2, 0.25) is 0 Å². The van der Waals surface area contributed by atoms with Crippen LogP contribution in [-0.4, -0.2) is 50.8 Å². The maximum Gasteiger partial charge on any atom is 0.326 e. The van der Waals surface area contributed by atoms with E-state index in [1.165, 1.54) is 18.2 Å². The van der Waals surface area contributed by atoms with Crippen molar-refractivity contribution in [1.82, 2.24) is 4.90 Å². The van der Waals surface area contributed by atoms with Crippen LogP contribution >= 0.6 is 11.6 Å². The largest absolute Gasteiger partial charge is 0.507 e. The number of β-amino-alcohol motifs (C(OH)–C–C–N with tert-alkyl or cyclic N) is 1. The molecule has 2 atom stereocenters. The minimum Gasteiger partial charge on any atom is -0.507 e. The number of aliphatic carboxylic acids is 1. The fourth-order valence-electron chi connectivity index (χ4n) is 2.11. The Bertz CT molecular complexity index is 533. The van der Waals surface area contributed by atoms with Crippen molar-refractivity contribution >= 4 is 23.5 Å². The summed E-state index contributed by atoms with van der Waals surface area (Å²) in [6, 6.07) is 2.85. The van der Waals surface area contributed by atoms with Crippen LogP contribution in [0.5, 0.6) is 5.75 Å². The van der Waals surface area contributed by atoms with Gasteiger partial charge in [-0.05, 0) is 18.2 Å². The topological polar surface area (TPSA) is 98.1 Å². The molecule has 0 bridgehead atoms. The molecule has 7 heteroatoms. The molecule has 102 valence electrons. The quantitative estimate of drug-likeness (QED) is 0.743. The Morgan fingerprint density at radius 2 is 2.05 bits per heavy atom. The summed E-state index contributed by atoms with van der Waals surface area (Å²) in [5.74, 6) is -2.13. The zero-order chi connectivity index (χ0) is 14.2. The molecule has 3 N–H and O–H groups in total. The number of hydrogen-bond donors (Lipinski definition) is 3. The number of halogens is 1. The van der Waals surface area contributed by atoms with Gasteiger partial charge in [-0.2, -0.15) is 0 Å². The first-order valence-corrected chi connectivity index (χ1v) is 5.98. The molecule has 2 rings (SSSR count). The van der Waals surface area contributed by atoms with E-state index in [0.717, 1.165) is 4.90 Å². The number of likely N-dealkylation sites (tertiary alicyclic amines) is 1. The monoisotopic (exact) mass is 285 g/mol. The normalized spacial score (nSPS) is 22.5. The first kappa shape index (κ1) is 13.6. The lowest BCUT2D eigenvalue weighted by Gasteiger charge is -2.21. The van der Waals surface area contributed by atoms with Crippen molar-refractivity contribution < 1.29 is 24.9 Å². The molecule has 1 amide bonds. The van der Waals surface area contributed by atoms with Gasteiger partial charge in [-0.3, -0.25) is 4.79 Å². The molecule has 1 aliphatic rings. The third kappa shape index (κ3) is 2.64. The first-order valence-electron chi connectivity index (χ1n) is 5.60. The van der Waals surface area contributed by atoms with E-state index in [0.29, 0.717) is 0 Å². The number of aliphatic hydroxyl groups is 1. The molecular weight excluding hydrogens is 274 g/mol. The molecule has 1 aliphatic heterocycles. The average molecular weight is 286 g/mol. The Hall–Kier alpha value is -1.79. The van der Waals surface area contributed by atoms with Crippen molar-refractivity contribution in [2.75, 3.05) is 6.54 Å². The minimum atomic E-state index is -1.19. The predicted octanol–water partition coefficient (Wildman–Crippen LogP) is 0.706. The maximum absolute atomic E-state index is 12.2. The van der Waals surface area contributed by atoms with Gasteiger partial charge in [0.05, 0.1) is 11.7 Å². The van der Waals surface area contributed by atoms with E-state index < -0.39 is 24.0 Å². The van der Waals surface area contributed by atoms with E-state index in [2.05, 4.69) is 0 Å². The molecule has 19 heavy (non-hydrogen) atoms. The zero-order valence-corrected chi connectivity index (χ0v) is 10.5. The summed E-state index contributed by atoms with van der Waals surface area (Å²) in [6.45, 7) is -0.0816. The smallest absolute Gasteiger partial charge is 0.326 e. The lowest BCUT2D eigenvalue weighted by molar-refractivity contribution is -0.141. The second kappa shape index (κ2) is 5.07. The number of amides is 1. The number of carbonyl (C=O) groups is 2. The number of aliphatic hydroxyl groups excluding tert-OH is 1. The average Bonchev–Trinajstić information content (AvgIpc) is 2.74. The van der Waals surface area contributed by atoms with Gasteiger partial charge in [-0.25, -0.2) is 4.79 Å². The summed E-state index contributed by atoms with van der Waals surface area (Å²) in [7, 11) is 0. The van der Waals surface area contributed by atoms with Gasteiger partial charge in [0.15, 0.2) is 0 Å². The molecule has 6 nitrogen and oxygen atoms in total. The Balaban J connectivity index is 2.33. The third-order valence-corrected chi connectivity index (χ3v) is 3.25. The molecular formula is C12H12ClNO5. The van der Waals surface area contributed by atoms with Gasteiger partial charge >= 0.3 is 5.97 Å². The molecule has 1 aromatic rings. The number of carboxylic acids is 1. The van der Waals surface area contributed by atoms with Gasteiger partial charge in [0, 0.05) is 18.0 Å². The van der Waals surface area contributed by atoms with E-state index >= 15 is 0 Å². The number of rotatable bonds is 2. The zero-order valence-electron chi connectivity index (χ0n) is 9.78. The predicted molar refractivity (Wildman–Crippen MR) is 66.2 cm³/mol. The van der Waals surface area contributed by atoms with Crippen LogP contribution in [0, 0.1) is 0 Å². The highest BCUT2D eigenvalue weighted by Crippen LogP contribution is 2.27. The number of nitrogens with zero attached hydrogens (tertiary/aromatic N) is 1.